The van der Waals surface area contributed by atoms with E-state index >= 15 is 0 Å². The van der Waals surface area contributed by atoms with Gasteiger partial charge in [-0.25, -0.2) is 4.79 Å². The molecule has 0 aliphatic carbocycles. The first kappa shape index (κ1) is 19.2. The summed E-state index contributed by atoms with van der Waals surface area (Å²) in [6.07, 6.45) is 11.1. The summed E-state index contributed by atoms with van der Waals surface area (Å²) < 4.78 is 0. The Kier molecular flexibility index (Phi) is 7.64. The van der Waals surface area contributed by atoms with Crippen LogP contribution in [0.25, 0.3) is 0 Å². The van der Waals surface area contributed by atoms with Crippen molar-refractivity contribution in [3.63, 3.8) is 0 Å². The molecule has 25 heavy (non-hydrogen) atoms. The fourth-order valence-corrected chi connectivity index (χ4v) is 3.05. The number of amidine groups is 2. The number of benzene rings is 1. The van der Waals surface area contributed by atoms with E-state index in [0.717, 1.165) is 24.3 Å². The molecule has 2 N–H and O–H groups in total. The van der Waals surface area contributed by atoms with E-state index in [4.69, 9.17) is 15.7 Å². The summed E-state index contributed by atoms with van der Waals surface area (Å²) in [6, 6.07) is 7.16. The molecular formula is C20H29N3O2. The molecule has 0 bridgehead atoms. The lowest BCUT2D eigenvalue weighted by atomic mass is 10.1. The van der Waals surface area contributed by atoms with Gasteiger partial charge in [-0.15, -0.1) is 5.06 Å². The molecule has 1 aromatic rings. The third-order valence-corrected chi connectivity index (χ3v) is 4.52. The Morgan fingerprint density at radius 1 is 0.880 bits per heavy atom. The molecule has 0 unspecified atom stereocenters. The van der Waals surface area contributed by atoms with E-state index in [0.29, 0.717) is 17.5 Å². The predicted molar refractivity (Wildman–Crippen MR) is 99.9 cm³/mol. The van der Waals surface area contributed by atoms with Crippen molar-refractivity contribution in [2.75, 3.05) is 0 Å². The van der Waals surface area contributed by atoms with Crippen LogP contribution in [0.2, 0.25) is 0 Å². The zero-order valence-electron chi connectivity index (χ0n) is 15.1. The van der Waals surface area contributed by atoms with Gasteiger partial charge in [0.15, 0.2) is 11.7 Å². The summed E-state index contributed by atoms with van der Waals surface area (Å²) in [5, 5.41) is 17.1. The number of carbonyl (C=O) groups is 1. The molecule has 5 nitrogen and oxygen atoms in total. The van der Waals surface area contributed by atoms with Crippen molar-refractivity contribution in [3.05, 3.63) is 35.4 Å². The van der Waals surface area contributed by atoms with Crippen molar-refractivity contribution in [1.29, 1.82) is 10.8 Å². The van der Waals surface area contributed by atoms with Crippen molar-refractivity contribution in [2.24, 2.45) is 0 Å². The molecule has 1 heterocycles. The molecule has 0 radical (unpaired) electrons. The minimum absolute atomic E-state index is 0.0565. The molecule has 0 saturated carbocycles. The largest absolute Gasteiger partial charge is 0.333 e. The number of rotatable bonds is 11. The molecule has 0 aromatic heterocycles. The van der Waals surface area contributed by atoms with Crippen molar-refractivity contribution >= 4 is 17.6 Å². The molecule has 2 rings (SSSR count). The molecule has 0 saturated heterocycles. The summed E-state index contributed by atoms with van der Waals surface area (Å²) in [5.41, 5.74) is 1.26. The van der Waals surface area contributed by atoms with Gasteiger partial charge in [0.2, 0.25) is 0 Å². The molecule has 1 aromatic carbocycles. The lowest BCUT2D eigenvalue weighted by Gasteiger charge is -2.16. The number of hydroxylamine groups is 2. The van der Waals surface area contributed by atoms with Crippen LogP contribution in [-0.2, 0) is 9.63 Å². The number of hydrogen-bond donors (Lipinski definition) is 2. The molecule has 136 valence electrons. The van der Waals surface area contributed by atoms with Gasteiger partial charge in [0.1, 0.15) is 0 Å². The van der Waals surface area contributed by atoms with E-state index in [2.05, 4.69) is 6.92 Å². The lowest BCUT2D eigenvalue weighted by Crippen LogP contribution is -2.32. The second kappa shape index (κ2) is 9.97. The van der Waals surface area contributed by atoms with Crippen LogP contribution in [0.4, 0.5) is 0 Å². The smallest absolute Gasteiger partial charge is 0.333 e. The minimum atomic E-state index is -0.370. The number of carbonyl (C=O) groups excluding carboxylic acids is 1. The van der Waals surface area contributed by atoms with Crippen LogP contribution in [0.1, 0.15) is 82.3 Å². The van der Waals surface area contributed by atoms with Gasteiger partial charge in [-0.05, 0) is 6.42 Å². The fraction of sp³-hybridized carbons (Fsp3) is 0.550. The number of fused-ring (bicyclic) bond motifs is 1. The normalized spacial score (nSPS) is 13.2. The first-order chi connectivity index (χ1) is 12.1. The molecular weight excluding hydrogens is 314 g/mol. The van der Waals surface area contributed by atoms with E-state index < -0.39 is 0 Å². The van der Waals surface area contributed by atoms with E-state index in [1.807, 2.05) is 12.1 Å². The van der Waals surface area contributed by atoms with Crippen molar-refractivity contribution in [3.8, 4) is 0 Å². The lowest BCUT2D eigenvalue weighted by molar-refractivity contribution is -0.162. The Morgan fingerprint density at radius 2 is 1.36 bits per heavy atom. The Morgan fingerprint density at radius 3 is 1.88 bits per heavy atom. The maximum absolute atomic E-state index is 12.0. The average Bonchev–Trinajstić information content (AvgIpc) is 2.86. The van der Waals surface area contributed by atoms with Crippen molar-refractivity contribution in [1.82, 2.24) is 5.06 Å². The SMILES string of the molecule is CCCCCCCCCCCC(=O)ON1C(=N)c2ccccc2C1=N. The van der Waals surface area contributed by atoms with Crippen LogP contribution in [0.3, 0.4) is 0 Å². The maximum Gasteiger partial charge on any atom is 0.333 e. The standard InChI is InChI=1S/C20H29N3O2/c1-2-3-4-5-6-7-8-9-10-15-18(24)25-23-19(21)16-13-11-12-14-17(16)20(23)22/h11-14,21-22H,2-10,15H2,1H3. The third-order valence-electron chi connectivity index (χ3n) is 4.52. The molecule has 0 atom stereocenters. The Bertz CT molecular complexity index is 578. The summed E-state index contributed by atoms with van der Waals surface area (Å²) in [5.74, 6) is -0.257. The fourth-order valence-electron chi connectivity index (χ4n) is 3.05. The monoisotopic (exact) mass is 343 g/mol. The van der Waals surface area contributed by atoms with Gasteiger partial charge in [0, 0.05) is 17.5 Å². The molecule has 1 aliphatic rings. The van der Waals surface area contributed by atoms with E-state index in [1.54, 1.807) is 12.1 Å². The quantitative estimate of drug-likeness (QED) is 0.553. The van der Waals surface area contributed by atoms with Gasteiger partial charge in [0.25, 0.3) is 0 Å². The van der Waals surface area contributed by atoms with Gasteiger partial charge in [0.05, 0.1) is 0 Å². The predicted octanol–water partition coefficient (Wildman–Crippen LogP) is 5.03. The van der Waals surface area contributed by atoms with Crippen molar-refractivity contribution in [2.45, 2.75) is 71.1 Å². The first-order valence-electron chi connectivity index (χ1n) is 9.43. The zero-order valence-corrected chi connectivity index (χ0v) is 15.1. The summed E-state index contributed by atoms with van der Waals surface area (Å²) in [7, 11) is 0. The van der Waals surface area contributed by atoms with Gasteiger partial charge >= 0.3 is 5.97 Å². The maximum atomic E-state index is 12.0. The minimum Gasteiger partial charge on any atom is -0.333 e. The van der Waals surface area contributed by atoms with E-state index in [1.165, 1.54) is 38.5 Å². The number of hydrogen-bond acceptors (Lipinski definition) is 4. The summed E-state index contributed by atoms with van der Waals surface area (Å²) >= 11 is 0. The van der Waals surface area contributed by atoms with Crippen LogP contribution in [-0.4, -0.2) is 22.7 Å². The number of nitrogens with one attached hydrogen (secondary N) is 2. The highest BCUT2D eigenvalue weighted by Crippen LogP contribution is 2.23. The van der Waals surface area contributed by atoms with E-state index in [-0.39, 0.29) is 17.6 Å². The van der Waals surface area contributed by atoms with Crippen LogP contribution in [0.15, 0.2) is 24.3 Å². The second-order valence-electron chi connectivity index (χ2n) is 6.58. The van der Waals surface area contributed by atoms with E-state index in [9.17, 15) is 4.79 Å². The van der Waals surface area contributed by atoms with Crippen LogP contribution in [0.5, 0.6) is 0 Å². The topological polar surface area (TPSA) is 77.2 Å². The summed E-state index contributed by atoms with van der Waals surface area (Å²) in [6.45, 7) is 2.22. The molecule has 0 fully saturated rings. The number of unbranched alkanes of at least 4 members (excludes halogenated alkanes) is 8. The number of nitrogens with zero attached hydrogens (tertiary/aromatic N) is 1. The van der Waals surface area contributed by atoms with Crippen LogP contribution in [0, 0.1) is 10.8 Å². The average molecular weight is 343 g/mol. The highest BCUT2D eigenvalue weighted by atomic mass is 16.7. The van der Waals surface area contributed by atoms with Crippen LogP contribution >= 0.6 is 0 Å². The summed E-state index contributed by atoms with van der Waals surface area (Å²) in [4.78, 5) is 17.2. The Hall–Kier alpha value is -2.17. The zero-order chi connectivity index (χ0) is 18.1. The van der Waals surface area contributed by atoms with Crippen molar-refractivity contribution < 1.29 is 9.63 Å². The molecule has 0 amide bonds. The highest BCUT2D eigenvalue weighted by Gasteiger charge is 2.32. The van der Waals surface area contributed by atoms with Gasteiger partial charge in [-0.1, -0.05) is 82.6 Å². The Balaban J connectivity index is 1.62. The van der Waals surface area contributed by atoms with Gasteiger partial charge in [-0.2, -0.15) is 0 Å². The van der Waals surface area contributed by atoms with Gasteiger partial charge in [-0.3, -0.25) is 10.8 Å². The third kappa shape index (κ3) is 5.41. The van der Waals surface area contributed by atoms with Gasteiger partial charge < -0.3 is 4.84 Å². The molecule has 5 heteroatoms. The molecule has 1 aliphatic heterocycles. The van der Waals surface area contributed by atoms with Crippen LogP contribution < -0.4 is 0 Å². The highest BCUT2D eigenvalue weighted by molar-refractivity contribution is 6.22. The Labute approximate surface area is 150 Å². The second-order valence-corrected chi connectivity index (χ2v) is 6.58. The first-order valence-corrected chi connectivity index (χ1v) is 9.43. The molecule has 0 spiro atoms.